The fourth-order valence-corrected chi connectivity index (χ4v) is 2.45. The molecule has 1 fully saturated rings. The lowest BCUT2D eigenvalue weighted by atomic mass is 10.1. The molecule has 1 amide bonds. The maximum absolute atomic E-state index is 11.8. The van der Waals surface area contributed by atoms with Gasteiger partial charge in [-0.25, -0.2) is 0 Å². The number of amides is 1. The quantitative estimate of drug-likeness (QED) is 0.908. The Morgan fingerprint density at radius 2 is 2.35 bits per heavy atom. The van der Waals surface area contributed by atoms with Crippen LogP contribution >= 0.6 is 23.2 Å². The van der Waals surface area contributed by atoms with E-state index in [1.54, 1.807) is 18.2 Å². The third-order valence-electron chi connectivity index (χ3n) is 3.16. The van der Waals surface area contributed by atoms with Crippen LogP contribution in [0, 0.1) is 0 Å². The molecule has 0 bridgehead atoms. The summed E-state index contributed by atoms with van der Waals surface area (Å²) in [4.78, 5) is 11.8. The molecule has 6 heteroatoms. The molecule has 2 atom stereocenters. The predicted molar refractivity (Wildman–Crippen MR) is 78.5 cm³/mol. The summed E-state index contributed by atoms with van der Waals surface area (Å²) in [6.07, 6.45) is 2.11. The first kappa shape index (κ1) is 15.4. The van der Waals surface area contributed by atoms with Gasteiger partial charge < -0.3 is 14.8 Å². The molecule has 1 N–H and O–H groups in total. The molecule has 1 aliphatic heterocycles. The van der Waals surface area contributed by atoms with Crippen LogP contribution < -0.4 is 10.1 Å². The van der Waals surface area contributed by atoms with Crippen LogP contribution in [0.25, 0.3) is 0 Å². The van der Waals surface area contributed by atoms with Gasteiger partial charge in [0.15, 0.2) is 6.61 Å². The molecule has 20 heavy (non-hydrogen) atoms. The third-order valence-corrected chi connectivity index (χ3v) is 3.71. The van der Waals surface area contributed by atoms with Gasteiger partial charge in [-0.05, 0) is 31.9 Å². The third kappa shape index (κ3) is 4.27. The minimum atomic E-state index is -0.205. The highest BCUT2D eigenvalue weighted by Crippen LogP contribution is 2.27. The second-order valence-electron chi connectivity index (χ2n) is 4.77. The fourth-order valence-electron chi connectivity index (χ4n) is 2.12. The van der Waals surface area contributed by atoms with Gasteiger partial charge in [-0.3, -0.25) is 4.79 Å². The highest BCUT2D eigenvalue weighted by molar-refractivity contribution is 6.34. The van der Waals surface area contributed by atoms with E-state index in [9.17, 15) is 4.79 Å². The van der Waals surface area contributed by atoms with Gasteiger partial charge in [0.2, 0.25) is 0 Å². The van der Waals surface area contributed by atoms with Gasteiger partial charge in [0.05, 0.1) is 17.2 Å². The van der Waals surface area contributed by atoms with Gasteiger partial charge in [-0.15, -0.1) is 0 Å². The van der Waals surface area contributed by atoms with E-state index in [4.69, 9.17) is 32.7 Å². The summed E-state index contributed by atoms with van der Waals surface area (Å²) in [7, 11) is 0. The van der Waals surface area contributed by atoms with Crippen LogP contribution in [-0.2, 0) is 9.53 Å². The van der Waals surface area contributed by atoms with Crippen LogP contribution in [0.2, 0.25) is 10.0 Å². The van der Waals surface area contributed by atoms with Gasteiger partial charge in [-0.1, -0.05) is 23.2 Å². The molecule has 1 aromatic rings. The summed E-state index contributed by atoms with van der Waals surface area (Å²) in [5.74, 6) is 0.197. The van der Waals surface area contributed by atoms with E-state index < -0.39 is 0 Å². The smallest absolute Gasteiger partial charge is 0.258 e. The van der Waals surface area contributed by atoms with Crippen molar-refractivity contribution in [1.82, 2.24) is 5.32 Å². The van der Waals surface area contributed by atoms with E-state index >= 15 is 0 Å². The van der Waals surface area contributed by atoms with Crippen molar-refractivity contribution in [3.05, 3.63) is 28.2 Å². The van der Waals surface area contributed by atoms with Crippen LogP contribution in [-0.4, -0.2) is 31.3 Å². The van der Waals surface area contributed by atoms with Crippen molar-refractivity contribution in [1.29, 1.82) is 0 Å². The summed E-state index contributed by atoms with van der Waals surface area (Å²) in [6, 6.07) is 4.85. The number of rotatable bonds is 5. The van der Waals surface area contributed by atoms with Crippen molar-refractivity contribution in [3.63, 3.8) is 0 Å². The van der Waals surface area contributed by atoms with E-state index in [1.807, 2.05) is 6.92 Å². The van der Waals surface area contributed by atoms with Crippen molar-refractivity contribution < 1.29 is 14.3 Å². The lowest BCUT2D eigenvalue weighted by Crippen LogP contribution is -2.42. The Hall–Kier alpha value is -0.970. The molecule has 1 aromatic carbocycles. The number of nitrogens with one attached hydrogen (secondary N) is 1. The summed E-state index contributed by atoms with van der Waals surface area (Å²) >= 11 is 11.8. The largest absolute Gasteiger partial charge is 0.482 e. The summed E-state index contributed by atoms with van der Waals surface area (Å²) < 4.78 is 10.9. The Morgan fingerprint density at radius 1 is 1.55 bits per heavy atom. The highest BCUT2D eigenvalue weighted by Gasteiger charge is 2.23. The number of carbonyl (C=O) groups is 1. The highest BCUT2D eigenvalue weighted by atomic mass is 35.5. The number of carbonyl (C=O) groups excluding carboxylic acids is 1. The molecule has 110 valence electrons. The zero-order valence-corrected chi connectivity index (χ0v) is 12.7. The second kappa shape index (κ2) is 7.16. The molecular weight excluding hydrogens is 301 g/mol. The average molecular weight is 318 g/mol. The Morgan fingerprint density at radius 3 is 3.05 bits per heavy atom. The topological polar surface area (TPSA) is 47.6 Å². The van der Waals surface area contributed by atoms with Crippen molar-refractivity contribution >= 4 is 29.1 Å². The number of ether oxygens (including phenoxy) is 2. The first-order valence-electron chi connectivity index (χ1n) is 6.55. The Balaban J connectivity index is 1.81. The van der Waals surface area contributed by atoms with E-state index in [-0.39, 0.29) is 24.7 Å². The zero-order valence-electron chi connectivity index (χ0n) is 11.2. The summed E-state index contributed by atoms with van der Waals surface area (Å²) in [5, 5.41) is 3.80. The SMILES string of the molecule is C[C@H](NC(=O)COc1cc(Cl)ccc1Cl)[C@@H]1CCCO1. The molecule has 2 rings (SSSR count). The van der Waals surface area contributed by atoms with E-state index in [1.165, 1.54) is 0 Å². The first-order chi connectivity index (χ1) is 9.56. The molecule has 0 radical (unpaired) electrons. The van der Waals surface area contributed by atoms with Gasteiger partial charge in [-0.2, -0.15) is 0 Å². The Labute approximate surface area is 128 Å². The van der Waals surface area contributed by atoms with Gasteiger partial charge in [0, 0.05) is 17.7 Å². The van der Waals surface area contributed by atoms with E-state index in [0.717, 1.165) is 19.4 Å². The number of halogens is 2. The van der Waals surface area contributed by atoms with Crippen molar-refractivity contribution in [2.24, 2.45) is 0 Å². The zero-order chi connectivity index (χ0) is 14.5. The number of hydrogen-bond donors (Lipinski definition) is 1. The van der Waals surface area contributed by atoms with Gasteiger partial charge >= 0.3 is 0 Å². The predicted octanol–water partition coefficient (Wildman–Crippen LogP) is 3.06. The molecule has 0 saturated carbocycles. The second-order valence-corrected chi connectivity index (χ2v) is 5.61. The van der Waals surface area contributed by atoms with Crippen LogP contribution in [0.4, 0.5) is 0 Å². The maximum Gasteiger partial charge on any atom is 0.258 e. The van der Waals surface area contributed by atoms with E-state index in [0.29, 0.717) is 15.8 Å². The molecule has 0 spiro atoms. The molecule has 1 saturated heterocycles. The number of benzene rings is 1. The Kier molecular flexibility index (Phi) is 5.52. The Bertz CT molecular complexity index is 475. The summed E-state index contributed by atoms with van der Waals surface area (Å²) in [5.41, 5.74) is 0. The molecule has 1 aliphatic rings. The molecule has 0 aliphatic carbocycles. The van der Waals surface area contributed by atoms with Gasteiger partial charge in [0.25, 0.3) is 5.91 Å². The van der Waals surface area contributed by atoms with E-state index in [2.05, 4.69) is 5.32 Å². The lowest BCUT2D eigenvalue weighted by Gasteiger charge is -2.20. The maximum atomic E-state index is 11.8. The van der Waals surface area contributed by atoms with Crippen molar-refractivity contribution in [3.8, 4) is 5.75 Å². The fraction of sp³-hybridized carbons (Fsp3) is 0.500. The van der Waals surface area contributed by atoms with Crippen molar-refractivity contribution in [2.45, 2.75) is 31.9 Å². The molecule has 0 aromatic heterocycles. The number of hydrogen-bond acceptors (Lipinski definition) is 3. The standard InChI is InChI=1S/C14H17Cl2NO3/c1-9(12-3-2-6-19-12)17-14(18)8-20-13-7-10(15)4-5-11(13)16/h4-5,7,9,12H,2-3,6,8H2,1H3,(H,17,18)/t9-,12-/m0/s1. The molecule has 4 nitrogen and oxygen atoms in total. The minimum Gasteiger partial charge on any atom is -0.482 e. The monoisotopic (exact) mass is 317 g/mol. The minimum absolute atomic E-state index is 0.0246. The average Bonchev–Trinajstić information content (AvgIpc) is 2.94. The molecule has 0 unspecified atom stereocenters. The first-order valence-corrected chi connectivity index (χ1v) is 7.30. The lowest BCUT2D eigenvalue weighted by molar-refractivity contribution is -0.124. The molecule has 1 heterocycles. The van der Waals surface area contributed by atoms with Gasteiger partial charge in [0.1, 0.15) is 5.75 Å². The molecular formula is C14H17Cl2NO3. The normalized spacial score (nSPS) is 19.6. The van der Waals surface area contributed by atoms with Crippen LogP contribution in [0.5, 0.6) is 5.75 Å². The van der Waals surface area contributed by atoms with Crippen molar-refractivity contribution in [2.75, 3.05) is 13.2 Å². The van der Waals surface area contributed by atoms with Crippen LogP contribution in [0.15, 0.2) is 18.2 Å². The summed E-state index contributed by atoms with van der Waals surface area (Å²) in [6.45, 7) is 2.59. The van der Waals surface area contributed by atoms with Crippen LogP contribution in [0.3, 0.4) is 0 Å². The van der Waals surface area contributed by atoms with Crippen LogP contribution in [0.1, 0.15) is 19.8 Å².